The molecule has 0 heterocycles. The number of benzene rings is 1. The van der Waals surface area contributed by atoms with E-state index in [1.807, 2.05) is 51.1 Å². The Hall–Kier alpha value is -2.28. The van der Waals surface area contributed by atoms with E-state index in [-0.39, 0.29) is 19.2 Å². The number of amides is 1. The number of carbonyl (C=O) groups excluding carboxylic acids is 2. The van der Waals surface area contributed by atoms with Gasteiger partial charge in [0.1, 0.15) is 18.8 Å². The molecule has 0 radical (unpaired) electrons. The fraction of sp³-hybridized carbons (Fsp3) is 0.724. The minimum absolute atomic E-state index is 0.0817. The molecule has 11 nitrogen and oxygen atoms in total. The summed E-state index contributed by atoms with van der Waals surface area (Å²) in [5.41, 5.74) is 0.457. The molecule has 11 heteroatoms. The van der Waals surface area contributed by atoms with E-state index in [0.717, 1.165) is 24.8 Å². The van der Waals surface area contributed by atoms with E-state index >= 15 is 0 Å². The van der Waals surface area contributed by atoms with Crippen LogP contribution in [0, 0.1) is 0 Å². The van der Waals surface area contributed by atoms with Gasteiger partial charge in [-0.2, -0.15) is 0 Å². The van der Waals surface area contributed by atoms with Crippen molar-refractivity contribution in [3.63, 3.8) is 0 Å². The molecule has 0 fully saturated rings. The van der Waals surface area contributed by atoms with Crippen molar-refractivity contribution in [2.75, 3.05) is 85.8 Å². The number of hydrogen-bond donors (Lipinski definition) is 1. The number of nitrogens with one attached hydrogen (secondary N) is 1. The van der Waals surface area contributed by atoms with E-state index < -0.39 is 11.7 Å². The van der Waals surface area contributed by atoms with Gasteiger partial charge in [-0.25, -0.2) is 9.59 Å². The summed E-state index contributed by atoms with van der Waals surface area (Å²) >= 11 is 0. The van der Waals surface area contributed by atoms with Crippen LogP contribution in [0.15, 0.2) is 30.3 Å². The molecule has 0 spiro atoms. The number of rotatable bonds is 25. The molecule has 0 aliphatic carbocycles. The maximum atomic E-state index is 11.7. The molecule has 0 atom stereocenters. The molecule has 1 aromatic carbocycles. The number of unbranched alkanes of at least 4 members (excludes halogenated alkanes) is 2. The van der Waals surface area contributed by atoms with Crippen molar-refractivity contribution >= 4 is 12.1 Å². The highest BCUT2D eigenvalue weighted by atomic mass is 16.6. The molecule has 0 aliphatic rings. The summed E-state index contributed by atoms with van der Waals surface area (Å²) in [4.78, 5) is 23.1. The second kappa shape index (κ2) is 24.5. The van der Waals surface area contributed by atoms with E-state index in [0.29, 0.717) is 79.2 Å². The quantitative estimate of drug-likeness (QED) is 0.138. The van der Waals surface area contributed by atoms with Gasteiger partial charge in [0, 0.05) is 13.2 Å². The maximum Gasteiger partial charge on any atom is 0.407 e. The van der Waals surface area contributed by atoms with Crippen LogP contribution in [-0.2, 0) is 49.3 Å². The predicted octanol–water partition coefficient (Wildman–Crippen LogP) is 3.52. The van der Waals surface area contributed by atoms with Crippen LogP contribution in [0.1, 0.15) is 45.6 Å². The summed E-state index contributed by atoms with van der Waals surface area (Å²) in [5.74, 6) is -0.386. The molecule has 1 amide bonds. The SMILES string of the molecule is CC(C)(C)OC(=O)COCCOCCOCCOCCOCCOCCCCCNC(=O)OCc1ccccc1. The maximum absolute atomic E-state index is 11.7. The molecule has 0 saturated carbocycles. The van der Waals surface area contributed by atoms with Crippen LogP contribution in [0.3, 0.4) is 0 Å². The summed E-state index contributed by atoms with van der Waals surface area (Å²) in [7, 11) is 0. The lowest BCUT2D eigenvalue weighted by molar-refractivity contribution is -0.160. The Morgan fingerprint density at radius 3 is 1.68 bits per heavy atom. The third-order valence-electron chi connectivity index (χ3n) is 4.95. The van der Waals surface area contributed by atoms with Crippen LogP contribution >= 0.6 is 0 Å². The Balaban J connectivity index is 1.70. The largest absolute Gasteiger partial charge is 0.458 e. The van der Waals surface area contributed by atoms with Crippen LogP contribution in [0.4, 0.5) is 4.79 Å². The van der Waals surface area contributed by atoms with Crippen molar-refractivity contribution in [2.24, 2.45) is 0 Å². The Kier molecular flexibility index (Phi) is 21.9. The summed E-state index contributed by atoms with van der Waals surface area (Å²) in [6.45, 7) is 11.5. The summed E-state index contributed by atoms with van der Waals surface area (Å²) in [6, 6.07) is 9.59. The average Bonchev–Trinajstić information content (AvgIpc) is 2.92. The minimum Gasteiger partial charge on any atom is -0.458 e. The Labute approximate surface area is 239 Å². The standard InChI is InChI=1S/C29H49NO10/c1-29(2,3)40-27(31)25-38-23-22-37-21-20-36-19-18-35-17-16-34-15-14-33-13-9-5-8-12-30-28(32)39-24-26-10-6-4-7-11-26/h4,6-7,10-11H,5,8-9,12-25H2,1-3H3,(H,30,32). The Morgan fingerprint density at radius 1 is 0.650 bits per heavy atom. The third-order valence-corrected chi connectivity index (χ3v) is 4.95. The van der Waals surface area contributed by atoms with Gasteiger partial charge in [-0.1, -0.05) is 30.3 Å². The lowest BCUT2D eigenvalue weighted by Crippen LogP contribution is -2.27. The molecule has 0 unspecified atom stereocenters. The Bertz CT molecular complexity index is 742. The van der Waals surface area contributed by atoms with Gasteiger partial charge < -0.3 is 43.2 Å². The molecule has 0 aliphatic heterocycles. The second-order valence-corrected chi connectivity index (χ2v) is 9.75. The molecule has 1 aromatic rings. The number of alkyl carbamates (subject to hydrolysis) is 1. The molecule has 1 rings (SSSR count). The number of carbonyl (C=O) groups is 2. The monoisotopic (exact) mass is 571 g/mol. The first-order valence-electron chi connectivity index (χ1n) is 14.0. The van der Waals surface area contributed by atoms with Crippen LogP contribution in [0.2, 0.25) is 0 Å². The molecule has 0 saturated heterocycles. The Morgan fingerprint density at radius 2 is 1.15 bits per heavy atom. The highest BCUT2D eigenvalue weighted by molar-refractivity contribution is 5.71. The van der Waals surface area contributed by atoms with Gasteiger partial charge in [0.25, 0.3) is 0 Å². The molecule has 40 heavy (non-hydrogen) atoms. The number of ether oxygens (including phenoxy) is 8. The fourth-order valence-corrected chi connectivity index (χ4v) is 3.10. The van der Waals surface area contributed by atoms with E-state index in [2.05, 4.69) is 5.32 Å². The zero-order valence-corrected chi connectivity index (χ0v) is 24.5. The van der Waals surface area contributed by atoms with Crippen molar-refractivity contribution in [1.82, 2.24) is 5.32 Å². The topological polar surface area (TPSA) is 120 Å². The smallest absolute Gasteiger partial charge is 0.407 e. The predicted molar refractivity (Wildman–Crippen MR) is 149 cm³/mol. The summed E-state index contributed by atoms with van der Waals surface area (Å²) in [6.07, 6.45) is 2.37. The van der Waals surface area contributed by atoms with Crippen LogP contribution in [-0.4, -0.2) is 103 Å². The number of hydrogen-bond acceptors (Lipinski definition) is 10. The van der Waals surface area contributed by atoms with E-state index in [1.54, 1.807) is 0 Å². The summed E-state index contributed by atoms with van der Waals surface area (Å²) < 4.78 is 42.8. The molecular weight excluding hydrogens is 522 g/mol. The first-order chi connectivity index (χ1) is 19.4. The number of esters is 1. The molecule has 230 valence electrons. The molecule has 1 N–H and O–H groups in total. The van der Waals surface area contributed by atoms with E-state index in [1.165, 1.54) is 0 Å². The minimum atomic E-state index is -0.509. The molecule has 0 aromatic heterocycles. The first kappa shape index (κ1) is 35.7. The second-order valence-electron chi connectivity index (χ2n) is 9.75. The average molecular weight is 572 g/mol. The first-order valence-corrected chi connectivity index (χ1v) is 14.0. The fourth-order valence-electron chi connectivity index (χ4n) is 3.10. The lowest BCUT2D eigenvalue weighted by atomic mass is 10.2. The molecule has 0 bridgehead atoms. The van der Waals surface area contributed by atoms with Crippen molar-refractivity contribution in [1.29, 1.82) is 0 Å². The van der Waals surface area contributed by atoms with Crippen molar-refractivity contribution in [3.8, 4) is 0 Å². The van der Waals surface area contributed by atoms with E-state index in [9.17, 15) is 9.59 Å². The summed E-state index contributed by atoms with van der Waals surface area (Å²) in [5, 5.41) is 2.76. The van der Waals surface area contributed by atoms with E-state index in [4.69, 9.17) is 37.9 Å². The molecular formula is C29H49NO10. The van der Waals surface area contributed by atoms with Gasteiger partial charge in [-0.15, -0.1) is 0 Å². The van der Waals surface area contributed by atoms with Gasteiger partial charge in [-0.3, -0.25) is 0 Å². The van der Waals surface area contributed by atoms with Crippen LogP contribution in [0.5, 0.6) is 0 Å². The van der Waals surface area contributed by atoms with Crippen LogP contribution < -0.4 is 5.32 Å². The third kappa shape index (κ3) is 24.7. The van der Waals surface area contributed by atoms with Gasteiger partial charge in [0.15, 0.2) is 0 Å². The normalized spacial score (nSPS) is 11.4. The zero-order chi connectivity index (χ0) is 29.2. The van der Waals surface area contributed by atoms with Crippen molar-refractivity contribution < 1.29 is 47.5 Å². The van der Waals surface area contributed by atoms with Gasteiger partial charge >= 0.3 is 12.1 Å². The van der Waals surface area contributed by atoms with Crippen molar-refractivity contribution in [3.05, 3.63) is 35.9 Å². The van der Waals surface area contributed by atoms with Crippen molar-refractivity contribution in [2.45, 2.75) is 52.2 Å². The van der Waals surface area contributed by atoms with Gasteiger partial charge in [-0.05, 0) is 45.6 Å². The highest BCUT2D eigenvalue weighted by Gasteiger charge is 2.15. The van der Waals surface area contributed by atoms with Gasteiger partial charge in [0.05, 0.1) is 66.1 Å². The zero-order valence-electron chi connectivity index (χ0n) is 24.5. The van der Waals surface area contributed by atoms with Gasteiger partial charge in [0.2, 0.25) is 0 Å². The lowest BCUT2D eigenvalue weighted by Gasteiger charge is -2.19. The van der Waals surface area contributed by atoms with Crippen LogP contribution in [0.25, 0.3) is 0 Å². The highest BCUT2D eigenvalue weighted by Crippen LogP contribution is 2.06.